The van der Waals surface area contributed by atoms with Gasteiger partial charge in [0.05, 0.1) is 0 Å². The topological polar surface area (TPSA) is 110 Å². The van der Waals surface area contributed by atoms with E-state index < -0.39 is 11.6 Å². The number of nitrogens with zero attached hydrogens (tertiary/aromatic N) is 2. The highest BCUT2D eigenvalue weighted by Crippen LogP contribution is 2.40. The average Bonchev–Trinajstić information content (AvgIpc) is 3.53. The Kier molecular flexibility index (Phi) is 8.69. The van der Waals surface area contributed by atoms with E-state index >= 15 is 0 Å². The highest BCUT2D eigenvalue weighted by atomic mass is 32.2. The van der Waals surface area contributed by atoms with Gasteiger partial charge in [0.15, 0.2) is 28.4 Å². The quantitative estimate of drug-likeness (QED) is 0.251. The van der Waals surface area contributed by atoms with Gasteiger partial charge in [0.2, 0.25) is 0 Å². The van der Waals surface area contributed by atoms with Gasteiger partial charge in [-0.15, -0.1) is 0 Å². The number of nitrogen functional groups attached to an aromatic ring is 2. The van der Waals surface area contributed by atoms with Gasteiger partial charge in [-0.2, -0.15) is 0 Å². The van der Waals surface area contributed by atoms with Crippen molar-refractivity contribution < 1.29 is 13.9 Å². The largest absolute Gasteiger partial charge is 0.396 e. The van der Waals surface area contributed by atoms with Gasteiger partial charge >= 0.3 is 0 Å². The third kappa shape index (κ3) is 6.80. The molecule has 2 aliphatic rings. The molecule has 1 heterocycles. The van der Waals surface area contributed by atoms with Gasteiger partial charge in [-0.25, -0.2) is 18.7 Å². The van der Waals surface area contributed by atoms with Crippen molar-refractivity contribution in [3.8, 4) is 0 Å². The smallest absolute Gasteiger partial charge is 0.191 e. The van der Waals surface area contributed by atoms with E-state index in [0.717, 1.165) is 49.8 Å². The fourth-order valence-corrected chi connectivity index (χ4v) is 4.16. The molecular weight excluding hydrogens is 432 g/mol. The van der Waals surface area contributed by atoms with Crippen LogP contribution in [0.5, 0.6) is 0 Å². The Morgan fingerprint density at radius 2 is 1.94 bits per heavy atom. The number of aliphatic hydroxyl groups excluding tert-OH is 1. The lowest BCUT2D eigenvalue weighted by atomic mass is 10.1. The first-order valence-electron chi connectivity index (χ1n) is 11.0. The zero-order chi connectivity index (χ0) is 23.1. The monoisotopic (exact) mass is 463 g/mol. The molecule has 0 saturated heterocycles. The average molecular weight is 464 g/mol. The molecule has 2 aromatic rings. The van der Waals surface area contributed by atoms with E-state index in [4.69, 9.17) is 16.6 Å². The highest BCUT2D eigenvalue weighted by Gasteiger charge is 2.24. The molecule has 4 rings (SSSR count). The third-order valence-electron chi connectivity index (χ3n) is 5.35. The Balaban J connectivity index is 0.000000219. The summed E-state index contributed by atoms with van der Waals surface area (Å²) in [6.07, 6.45) is 8.14. The molecule has 6 nitrogen and oxygen atoms in total. The van der Waals surface area contributed by atoms with Crippen LogP contribution in [0, 0.1) is 11.6 Å². The molecule has 1 aromatic carbocycles. The van der Waals surface area contributed by atoms with Gasteiger partial charge in [-0.05, 0) is 62.1 Å². The molecule has 1 aromatic heterocycles. The summed E-state index contributed by atoms with van der Waals surface area (Å²) in [5, 5.41) is 13.0. The number of nitrogens with two attached hydrogens (primary N) is 2. The van der Waals surface area contributed by atoms with Crippen molar-refractivity contribution in [2.45, 2.75) is 62.6 Å². The van der Waals surface area contributed by atoms with E-state index in [2.05, 4.69) is 28.3 Å². The minimum absolute atomic E-state index is 0.187. The summed E-state index contributed by atoms with van der Waals surface area (Å²) >= 11 is 1.58. The summed E-state index contributed by atoms with van der Waals surface area (Å²) in [4.78, 5) is 8.67. The summed E-state index contributed by atoms with van der Waals surface area (Å²) in [6, 6.07) is 4.35. The molecule has 32 heavy (non-hydrogen) atoms. The molecule has 0 bridgehead atoms. The van der Waals surface area contributed by atoms with Gasteiger partial charge in [-0.1, -0.05) is 36.4 Å². The summed E-state index contributed by atoms with van der Waals surface area (Å²) in [5.74, 6) is 0.887. The van der Waals surface area contributed by atoms with Crippen LogP contribution >= 0.6 is 11.8 Å². The van der Waals surface area contributed by atoms with E-state index in [1.54, 1.807) is 17.8 Å². The Hall–Kier alpha value is -2.39. The molecule has 0 radical (unpaired) electrons. The molecule has 1 atom stereocenters. The number of hydrogen-bond acceptors (Lipinski definition) is 7. The van der Waals surface area contributed by atoms with Gasteiger partial charge in [0, 0.05) is 18.4 Å². The predicted octanol–water partition coefficient (Wildman–Crippen LogP) is 4.87. The zero-order valence-corrected chi connectivity index (χ0v) is 19.1. The Labute approximate surface area is 191 Å². The van der Waals surface area contributed by atoms with E-state index in [9.17, 15) is 8.78 Å². The first-order chi connectivity index (χ1) is 15.4. The molecular formula is C23H31F2N5OS. The molecule has 0 aliphatic heterocycles. The summed E-state index contributed by atoms with van der Waals surface area (Å²) in [7, 11) is 0. The van der Waals surface area contributed by atoms with Gasteiger partial charge in [0.25, 0.3) is 0 Å². The number of nitrogens with one attached hydrogen (secondary N) is 1. The molecule has 1 saturated carbocycles. The minimum atomic E-state index is -0.755. The second-order valence-corrected chi connectivity index (χ2v) is 9.10. The van der Waals surface area contributed by atoms with Crippen LogP contribution < -0.4 is 16.8 Å². The maximum Gasteiger partial charge on any atom is 0.191 e. The number of benzene rings is 1. The number of hydrogen-bond donors (Lipinski definition) is 4. The lowest BCUT2D eigenvalue weighted by Crippen LogP contribution is -2.17. The number of halogens is 2. The standard InChI is InChI=1S/C14H23N5OS.C9H8F2/c1-2-7-21-14-18-12(16)11(15)13(19-14)17-10-4-3-9(8-10)5-6-20;10-8-4-3-7(5-9(8)11)6-1-2-6/h8,10,20H,2-7,15H2,1H3,(H3,16,17,18,19);3-6H,1-2H2. The summed E-state index contributed by atoms with van der Waals surface area (Å²) < 4.78 is 25.0. The molecule has 1 fully saturated rings. The van der Waals surface area contributed by atoms with Crippen LogP contribution in [-0.4, -0.2) is 33.5 Å². The van der Waals surface area contributed by atoms with Gasteiger partial charge < -0.3 is 21.9 Å². The van der Waals surface area contributed by atoms with Gasteiger partial charge in [0.1, 0.15) is 5.69 Å². The lowest BCUT2D eigenvalue weighted by Gasteiger charge is -2.15. The van der Waals surface area contributed by atoms with Crippen molar-refractivity contribution in [3.63, 3.8) is 0 Å². The molecule has 2 aliphatic carbocycles. The van der Waals surface area contributed by atoms with Crippen molar-refractivity contribution in [1.82, 2.24) is 9.97 Å². The molecule has 0 spiro atoms. The van der Waals surface area contributed by atoms with Crippen molar-refractivity contribution >= 4 is 29.1 Å². The molecule has 0 amide bonds. The molecule has 9 heteroatoms. The second-order valence-electron chi connectivity index (χ2n) is 8.04. The normalized spacial score (nSPS) is 17.5. The SMILES string of the molecule is CCCSc1nc(N)c(N)c(NC2C=C(CCO)CC2)n1.Fc1ccc(C2CC2)cc1F. The molecule has 6 N–H and O–H groups in total. The second kappa shape index (κ2) is 11.5. The van der Waals surface area contributed by atoms with E-state index in [-0.39, 0.29) is 12.6 Å². The van der Waals surface area contributed by atoms with Crippen molar-refractivity contribution in [3.05, 3.63) is 47.0 Å². The number of thioether (sulfide) groups is 1. The van der Waals surface area contributed by atoms with Crippen LogP contribution in [0.1, 0.15) is 56.9 Å². The zero-order valence-electron chi connectivity index (χ0n) is 18.3. The van der Waals surface area contributed by atoms with Crippen LogP contribution in [0.15, 0.2) is 35.0 Å². The van der Waals surface area contributed by atoms with Crippen LogP contribution in [0.25, 0.3) is 0 Å². The van der Waals surface area contributed by atoms with Gasteiger partial charge in [-0.3, -0.25) is 0 Å². The lowest BCUT2D eigenvalue weighted by molar-refractivity contribution is 0.298. The Bertz CT molecular complexity index is 952. The maximum absolute atomic E-state index is 12.6. The van der Waals surface area contributed by atoms with E-state index in [1.165, 1.54) is 17.7 Å². The number of aliphatic hydroxyl groups is 1. The fourth-order valence-electron chi connectivity index (χ4n) is 3.45. The van der Waals surface area contributed by atoms with Crippen LogP contribution in [0.4, 0.5) is 26.1 Å². The van der Waals surface area contributed by atoms with E-state index in [0.29, 0.717) is 28.4 Å². The Morgan fingerprint density at radius 3 is 2.59 bits per heavy atom. The van der Waals surface area contributed by atoms with Crippen molar-refractivity contribution in [2.24, 2.45) is 0 Å². The third-order valence-corrected chi connectivity index (χ3v) is 6.40. The number of anilines is 3. The minimum Gasteiger partial charge on any atom is -0.396 e. The predicted molar refractivity (Wildman–Crippen MR) is 127 cm³/mol. The highest BCUT2D eigenvalue weighted by molar-refractivity contribution is 7.99. The summed E-state index contributed by atoms with van der Waals surface area (Å²) in [6.45, 7) is 2.30. The van der Waals surface area contributed by atoms with Crippen LogP contribution in [-0.2, 0) is 0 Å². The number of aromatic nitrogens is 2. The first-order valence-corrected chi connectivity index (χ1v) is 12.0. The molecule has 174 valence electrons. The first kappa shape index (κ1) is 24.3. The van der Waals surface area contributed by atoms with Crippen LogP contribution in [0.3, 0.4) is 0 Å². The maximum atomic E-state index is 12.6. The molecule has 1 unspecified atom stereocenters. The Morgan fingerprint density at radius 1 is 1.16 bits per heavy atom. The summed E-state index contributed by atoms with van der Waals surface area (Å²) in [5.41, 5.74) is 14.4. The van der Waals surface area contributed by atoms with Crippen LogP contribution in [0.2, 0.25) is 0 Å². The van der Waals surface area contributed by atoms with Crippen molar-refractivity contribution in [1.29, 1.82) is 0 Å². The fraction of sp³-hybridized carbons (Fsp3) is 0.478. The van der Waals surface area contributed by atoms with Crippen molar-refractivity contribution in [2.75, 3.05) is 29.1 Å². The number of rotatable bonds is 8. The van der Waals surface area contributed by atoms with E-state index in [1.807, 2.05) is 0 Å².